The van der Waals surface area contributed by atoms with Crippen LogP contribution < -0.4 is 5.73 Å². The van der Waals surface area contributed by atoms with Gasteiger partial charge in [0.2, 0.25) is 0 Å². The van der Waals surface area contributed by atoms with Crippen molar-refractivity contribution < 1.29 is 14.3 Å². The summed E-state index contributed by atoms with van der Waals surface area (Å²) in [5.74, 6) is 0. The van der Waals surface area contributed by atoms with E-state index in [1.54, 1.807) is 0 Å². The van der Waals surface area contributed by atoms with Crippen molar-refractivity contribution in [2.75, 3.05) is 13.2 Å². The summed E-state index contributed by atoms with van der Waals surface area (Å²) >= 11 is 0. The Morgan fingerprint density at radius 2 is 1.64 bits per heavy atom. The Morgan fingerprint density at radius 1 is 1.07 bits per heavy atom. The minimum Gasteiger partial charge on any atom is -0.434 e. The summed E-state index contributed by atoms with van der Waals surface area (Å²) in [4.78, 5) is 10.5. The Balaban J connectivity index is 2.95. The number of carbonyl (C=O) groups excluding carboxylic acids is 1. The molecule has 0 rings (SSSR count). The van der Waals surface area contributed by atoms with E-state index in [9.17, 15) is 4.79 Å². The quantitative estimate of drug-likeness (QED) is 0.484. The van der Waals surface area contributed by atoms with Crippen LogP contribution in [-0.2, 0) is 9.47 Å². The molecular weight excluding hydrogens is 182 g/mol. The van der Waals surface area contributed by atoms with Gasteiger partial charge in [-0.1, -0.05) is 25.7 Å². The van der Waals surface area contributed by atoms with Gasteiger partial charge in [0.15, 0.2) is 0 Å². The fraction of sp³-hybridized carbons (Fsp3) is 0.800. The van der Waals surface area contributed by atoms with Gasteiger partial charge in [0.1, 0.15) is 7.11 Å². The number of hydrogen-bond acceptors (Lipinski definition) is 4. The van der Waals surface area contributed by atoms with E-state index in [1.165, 1.54) is 19.3 Å². The minimum absolute atomic E-state index is 0.422. The van der Waals surface area contributed by atoms with Gasteiger partial charge in [0, 0.05) is 0 Å². The summed E-state index contributed by atoms with van der Waals surface area (Å²) in [6.07, 6.45) is 5.93. The molecule has 0 spiro atoms. The van der Waals surface area contributed by atoms with Crippen LogP contribution in [0.2, 0.25) is 0 Å². The van der Waals surface area contributed by atoms with E-state index < -0.39 is 6.16 Å². The van der Waals surface area contributed by atoms with Gasteiger partial charge >= 0.3 is 6.16 Å². The topological polar surface area (TPSA) is 61.5 Å². The van der Waals surface area contributed by atoms with Crippen LogP contribution in [0.25, 0.3) is 0 Å². The molecule has 0 aromatic carbocycles. The van der Waals surface area contributed by atoms with Crippen LogP contribution in [0, 0.1) is 7.11 Å². The predicted octanol–water partition coefficient (Wildman–Crippen LogP) is 2.23. The van der Waals surface area contributed by atoms with Crippen molar-refractivity contribution in [2.45, 2.75) is 38.5 Å². The van der Waals surface area contributed by atoms with E-state index in [-0.39, 0.29) is 0 Å². The van der Waals surface area contributed by atoms with Crippen LogP contribution in [0.15, 0.2) is 0 Å². The maximum Gasteiger partial charge on any atom is 0.508 e. The Bertz CT molecular complexity index is 139. The summed E-state index contributed by atoms with van der Waals surface area (Å²) in [5.41, 5.74) is 5.36. The van der Waals surface area contributed by atoms with E-state index in [1.807, 2.05) is 0 Å². The third-order valence-electron chi connectivity index (χ3n) is 1.94. The first kappa shape index (κ1) is 13.2. The fourth-order valence-corrected chi connectivity index (χ4v) is 1.15. The van der Waals surface area contributed by atoms with Crippen LogP contribution >= 0.6 is 0 Å². The van der Waals surface area contributed by atoms with E-state index in [2.05, 4.69) is 16.6 Å². The highest BCUT2D eigenvalue weighted by molar-refractivity contribution is 5.59. The normalized spacial score (nSPS) is 9.86. The van der Waals surface area contributed by atoms with E-state index in [0.29, 0.717) is 6.61 Å². The summed E-state index contributed by atoms with van der Waals surface area (Å²) in [6.45, 7) is 1.20. The van der Waals surface area contributed by atoms with Crippen LogP contribution in [0.3, 0.4) is 0 Å². The van der Waals surface area contributed by atoms with Crippen molar-refractivity contribution in [1.29, 1.82) is 0 Å². The second-order valence-corrected chi connectivity index (χ2v) is 3.15. The van der Waals surface area contributed by atoms with Crippen molar-refractivity contribution in [1.82, 2.24) is 0 Å². The maximum atomic E-state index is 10.5. The fourth-order valence-electron chi connectivity index (χ4n) is 1.15. The molecule has 0 bridgehead atoms. The molecule has 0 amide bonds. The predicted molar refractivity (Wildman–Crippen MR) is 54.5 cm³/mol. The molecule has 0 saturated carbocycles. The zero-order valence-corrected chi connectivity index (χ0v) is 8.67. The second kappa shape index (κ2) is 10.3. The van der Waals surface area contributed by atoms with E-state index in [0.717, 1.165) is 25.8 Å². The molecule has 14 heavy (non-hydrogen) atoms. The van der Waals surface area contributed by atoms with Crippen LogP contribution in [-0.4, -0.2) is 19.3 Å². The third-order valence-corrected chi connectivity index (χ3v) is 1.94. The smallest absolute Gasteiger partial charge is 0.434 e. The monoisotopic (exact) mass is 202 g/mol. The van der Waals surface area contributed by atoms with Gasteiger partial charge in [0.05, 0.1) is 6.61 Å². The molecule has 0 aromatic heterocycles. The first-order chi connectivity index (χ1) is 6.81. The Kier molecular flexibility index (Phi) is 9.74. The molecule has 4 heteroatoms. The van der Waals surface area contributed by atoms with Crippen LogP contribution in [0.5, 0.6) is 0 Å². The van der Waals surface area contributed by atoms with Gasteiger partial charge in [-0.25, -0.2) is 4.79 Å². The number of nitrogens with two attached hydrogens (primary N) is 1. The lowest BCUT2D eigenvalue weighted by atomic mass is 10.1. The SMILES string of the molecule is [CH2]OC(=O)OCCCCCCCCN. The maximum absolute atomic E-state index is 10.5. The van der Waals surface area contributed by atoms with Crippen molar-refractivity contribution in [3.8, 4) is 0 Å². The van der Waals surface area contributed by atoms with Gasteiger partial charge in [-0.3, -0.25) is 0 Å². The Hall–Kier alpha value is -0.770. The molecular formula is C10H20NO3. The molecule has 0 fully saturated rings. The first-order valence-corrected chi connectivity index (χ1v) is 5.10. The number of ether oxygens (including phenoxy) is 2. The van der Waals surface area contributed by atoms with Gasteiger partial charge in [-0.05, 0) is 19.4 Å². The van der Waals surface area contributed by atoms with Gasteiger partial charge in [-0.2, -0.15) is 0 Å². The Labute approximate surface area is 85.8 Å². The molecule has 0 unspecified atom stereocenters. The van der Waals surface area contributed by atoms with Crippen LogP contribution in [0.4, 0.5) is 4.79 Å². The molecule has 0 saturated heterocycles. The largest absolute Gasteiger partial charge is 0.508 e. The van der Waals surface area contributed by atoms with Gasteiger partial charge in [-0.15, -0.1) is 0 Å². The molecule has 0 aliphatic rings. The molecule has 0 aromatic rings. The standard InChI is InChI=1S/C10H20NO3/c1-13-10(12)14-9-7-5-3-2-4-6-8-11/h1-9,11H2. The second-order valence-electron chi connectivity index (χ2n) is 3.15. The summed E-state index contributed by atoms with van der Waals surface area (Å²) in [6, 6.07) is 0. The molecule has 1 radical (unpaired) electrons. The average Bonchev–Trinajstić information content (AvgIpc) is 2.21. The summed E-state index contributed by atoms with van der Waals surface area (Å²) in [7, 11) is 2.95. The molecule has 2 N–H and O–H groups in total. The highest BCUT2D eigenvalue weighted by Gasteiger charge is 1.98. The average molecular weight is 202 g/mol. The minimum atomic E-state index is -0.701. The summed E-state index contributed by atoms with van der Waals surface area (Å²) < 4.78 is 8.76. The zero-order valence-electron chi connectivity index (χ0n) is 8.67. The van der Waals surface area contributed by atoms with Crippen molar-refractivity contribution in [3.63, 3.8) is 0 Å². The van der Waals surface area contributed by atoms with Gasteiger partial charge < -0.3 is 15.2 Å². The lowest BCUT2D eigenvalue weighted by molar-refractivity contribution is 0.0814. The Morgan fingerprint density at radius 3 is 2.21 bits per heavy atom. The molecule has 0 atom stereocenters. The highest BCUT2D eigenvalue weighted by atomic mass is 16.7. The molecule has 83 valence electrons. The lowest BCUT2D eigenvalue weighted by Gasteiger charge is -2.02. The van der Waals surface area contributed by atoms with Crippen molar-refractivity contribution in [3.05, 3.63) is 7.11 Å². The number of carbonyl (C=O) groups is 1. The van der Waals surface area contributed by atoms with E-state index in [4.69, 9.17) is 5.73 Å². The number of unbranched alkanes of at least 4 members (excludes halogenated alkanes) is 5. The first-order valence-electron chi connectivity index (χ1n) is 5.10. The molecule has 0 aliphatic carbocycles. The number of rotatable bonds is 8. The molecule has 0 aliphatic heterocycles. The molecule has 0 heterocycles. The summed E-state index contributed by atoms with van der Waals surface area (Å²) in [5, 5.41) is 0. The molecule has 4 nitrogen and oxygen atoms in total. The zero-order chi connectivity index (χ0) is 10.6. The van der Waals surface area contributed by atoms with E-state index >= 15 is 0 Å². The third kappa shape index (κ3) is 9.32. The lowest BCUT2D eigenvalue weighted by Crippen LogP contribution is -2.04. The van der Waals surface area contributed by atoms with Crippen LogP contribution in [0.1, 0.15) is 38.5 Å². The number of hydrogen-bond donors (Lipinski definition) is 1. The van der Waals surface area contributed by atoms with Crippen molar-refractivity contribution >= 4 is 6.16 Å². The van der Waals surface area contributed by atoms with Crippen molar-refractivity contribution in [2.24, 2.45) is 5.73 Å². The highest BCUT2D eigenvalue weighted by Crippen LogP contribution is 2.04. The van der Waals surface area contributed by atoms with Gasteiger partial charge in [0.25, 0.3) is 0 Å².